The summed E-state index contributed by atoms with van der Waals surface area (Å²) in [7, 11) is 0. The summed E-state index contributed by atoms with van der Waals surface area (Å²) in [6, 6.07) is 4.98. The monoisotopic (exact) mass is 381 g/mol. The van der Waals surface area contributed by atoms with E-state index in [0.29, 0.717) is 23.6 Å². The van der Waals surface area contributed by atoms with Gasteiger partial charge < -0.3 is 9.84 Å². The molecule has 1 fully saturated rings. The Hall–Kier alpha value is -3.23. The second-order valence-corrected chi connectivity index (χ2v) is 6.97. The summed E-state index contributed by atoms with van der Waals surface area (Å²) < 4.78 is 7.21. The standard InChI is InChI=1S/C19H23N7O2/c1-13(18-24-17(25-28-18)14-7-10-20-11-8-14)22-19(27)23-16-9-12-21-26(16)15-5-3-2-4-6-15/h7-13,15H,2-6H2,1H3,(H2,22,23,27)/t13-/m1/s1. The van der Waals surface area contributed by atoms with Crippen LogP contribution in [0.1, 0.15) is 57.0 Å². The van der Waals surface area contributed by atoms with Gasteiger partial charge in [-0.25, -0.2) is 9.48 Å². The molecule has 0 radical (unpaired) electrons. The molecule has 9 heteroatoms. The molecule has 0 bridgehead atoms. The first-order valence-electron chi connectivity index (χ1n) is 9.56. The van der Waals surface area contributed by atoms with E-state index in [1.807, 2.05) is 10.7 Å². The first kappa shape index (κ1) is 18.1. The third-order valence-electron chi connectivity index (χ3n) is 4.93. The summed E-state index contributed by atoms with van der Waals surface area (Å²) in [6.45, 7) is 1.79. The quantitative estimate of drug-likeness (QED) is 0.697. The Labute approximate surface area is 162 Å². The molecule has 0 spiro atoms. The number of anilines is 1. The zero-order valence-electron chi connectivity index (χ0n) is 15.7. The lowest BCUT2D eigenvalue weighted by Gasteiger charge is -2.24. The van der Waals surface area contributed by atoms with E-state index >= 15 is 0 Å². The number of hydrogen-bond donors (Lipinski definition) is 2. The van der Waals surface area contributed by atoms with E-state index in [9.17, 15) is 4.79 Å². The highest BCUT2D eigenvalue weighted by atomic mass is 16.5. The molecule has 3 aromatic rings. The number of urea groups is 1. The molecule has 28 heavy (non-hydrogen) atoms. The van der Waals surface area contributed by atoms with Gasteiger partial charge in [-0.15, -0.1) is 0 Å². The van der Waals surface area contributed by atoms with Gasteiger partial charge >= 0.3 is 6.03 Å². The molecule has 1 atom stereocenters. The van der Waals surface area contributed by atoms with E-state index in [1.54, 1.807) is 37.6 Å². The highest BCUT2D eigenvalue weighted by molar-refractivity contribution is 5.88. The lowest BCUT2D eigenvalue weighted by Crippen LogP contribution is -2.32. The Morgan fingerprint density at radius 3 is 2.75 bits per heavy atom. The van der Waals surface area contributed by atoms with E-state index in [4.69, 9.17) is 4.52 Å². The van der Waals surface area contributed by atoms with E-state index in [0.717, 1.165) is 18.4 Å². The van der Waals surface area contributed by atoms with Crippen LogP contribution in [0.15, 0.2) is 41.3 Å². The van der Waals surface area contributed by atoms with Gasteiger partial charge in [0.05, 0.1) is 12.2 Å². The smallest absolute Gasteiger partial charge is 0.321 e. The number of amides is 2. The number of nitrogens with zero attached hydrogens (tertiary/aromatic N) is 5. The number of hydrogen-bond acceptors (Lipinski definition) is 6. The van der Waals surface area contributed by atoms with Crippen molar-refractivity contribution in [3.05, 3.63) is 42.7 Å². The highest BCUT2D eigenvalue weighted by Gasteiger charge is 2.21. The molecule has 9 nitrogen and oxygen atoms in total. The molecule has 2 amide bonds. The predicted molar refractivity (Wildman–Crippen MR) is 102 cm³/mol. The predicted octanol–water partition coefficient (Wildman–Crippen LogP) is 3.72. The van der Waals surface area contributed by atoms with Crippen LogP contribution in [0.25, 0.3) is 11.4 Å². The van der Waals surface area contributed by atoms with Crippen molar-refractivity contribution < 1.29 is 9.32 Å². The highest BCUT2D eigenvalue weighted by Crippen LogP contribution is 2.29. The van der Waals surface area contributed by atoms with Gasteiger partial charge in [0, 0.05) is 24.0 Å². The van der Waals surface area contributed by atoms with Crippen LogP contribution < -0.4 is 10.6 Å². The van der Waals surface area contributed by atoms with Crippen LogP contribution >= 0.6 is 0 Å². The van der Waals surface area contributed by atoms with Crippen LogP contribution in [0.3, 0.4) is 0 Å². The van der Waals surface area contributed by atoms with E-state index in [2.05, 4.69) is 30.9 Å². The van der Waals surface area contributed by atoms with Crippen molar-refractivity contribution in [2.45, 2.75) is 51.1 Å². The molecule has 2 N–H and O–H groups in total. The van der Waals surface area contributed by atoms with Crippen molar-refractivity contribution in [2.24, 2.45) is 0 Å². The lowest BCUT2D eigenvalue weighted by atomic mass is 9.96. The van der Waals surface area contributed by atoms with Gasteiger partial charge in [0.15, 0.2) is 0 Å². The maximum absolute atomic E-state index is 12.4. The van der Waals surface area contributed by atoms with Crippen LogP contribution in [0.5, 0.6) is 0 Å². The van der Waals surface area contributed by atoms with Gasteiger partial charge in [-0.05, 0) is 31.9 Å². The molecule has 146 valence electrons. The van der Waals surface area contributed by atoms with Crippen LogP contribution in [0, 0.1) is 0 Å². The summed E-state index contributed by atoms with van der Waals surface area (Å²) in [5, 5.41) is 14.1. The van der Waals surface area contributed by atoms with E-state index in [-0.39, 0.29) is 6.03 Å². The van der Waals surface area contributed by atoms with Crippen LogP contribution in [0.4, 0.5) is 10.6 Å². The normalized spacial score (nSPS) is 15.9. The summed E-state index contributed by atoms with van der Waals surface area (Å²) in [5.41, 5.74) is 0.804. The van der Waals surface area contributed by atoms with E-state index < -0.39 is 6.04 Å². The fraction of sp³-hybridized carbons (Fsp3) is 0.421. The van der Waals surface area contributed by atoms with Gasteiger partial charge in [0.2, 0.25) is 11.7 Å². The average Bonchev–Trinajstić information content (AvgIpc) is 3.39. The fourth-order valence-electron chi connectivity index (χ4n) is 3.47. The molecular weight excluding hydrogens is 358 g/mol. The zero-order valence-corrected chi connectivity index (χ0v) is 15.7. The molecule has 3 aromatic heterocycles. The van der Waals surface area contributed by atoms with Crippen molar-refractivity contribution in [3.8, 4) is 11.4 Å². The second-order valence-electron chi connectivity index (χ2n) is 6.97. The Balaban J connectivity index is 1.38. The molecule has 0 saturated heterocycles. The molecular formula is C19H23N7O2. The first-order valence-corrected chi connectivity index (χ1v) is 9.56. The minimum atomic E-state index is -0.436. The van der Waals surface area contributed by atoms with Crippen molar-refractivity contribution in [3.63, 3.8) is 0 Å². The Bertz CT molecular complexity index is 915. The molecule has 0 aliphatic heterocycles. The molecule has 1 aliphatic carbocycles. The average molecular weight is 381 g/mol. The summed E-state index contributed by atoms with van der Waals surface area (Å²) in [4.78, 5) is 20.8. The van der Waals surface area contributed by atoms with Crippen LogP contribution in [0.2, 0.25) is 0 Å². The van der Waals surface area contributed by atoms with Crippen molar-refractivity contribution >= 4 is 11.8 Å². The molecule has 1 aliphatic rings. The minimum Gasteiger partial charge on any atom is -0.337 e. The van der Waals surface area contributed by atoms with Gasteiger partial charge in [0.1, 0.15) is 11.9 Å². The van der Waals surface area contributed by atoms with Gasteiger partial charge in [-0.1, -0.05) is 24.4 Å². The summed E-state index contributed by atoms with van der Waals surface area (Å²) in [6.07, 6.45) is 10.9. The van der Waals surface area contributed by atoms with Crippen LogP contribution in [-0.4, -0.2) is 30.9 Å². The number of aromatic nitrogens is 5. The first-order chi connectivity index (χ1) is 13.7. The van der Waals surface area contributed by atoms with Gasteiger partial charge in [-0.2, -0.15) is 10.1 Å². The van der Waals surface area contributed by atoms with Gasteiger partial charge in [0.25, 0.3) is 0 Å². The van der Waals surface area contributed by atoms with Crippen molar-refractivity contribution in [1.29, 1.82) is 0 Å². The Morgan fingerprint density at radius 2 is 1.96 bits per heavy atom. The maximum atomic E-state index is 12.4. The lowest BCUT2D eigenvalue weighted by molar-refractivity contribution is 0.245. The fourth-order valence-corrected chi connectivity index (χ4v) is 3.47. The van der Waals surface area contributed by atoms with Gasteiger partial charge in [-0.3, -0.25) is 10.3 Å². The van der Waals surface area contributed by atoms with Crippen LogP contribution in [-0.2, 0) is 0 Å². The molecule has 1 saturated carbocycles. The number of rotatable bonds is 5. The molecule has 3 heterocycles. The topological polar surface area (TPSA) is 111 Å². The molecule has 0 aromatic carbocycles. The third-order valence-corrected chi connectivity index (χ3v) is 4.93. The second kappa shape index (κ2) is 8.20. The largest absolute Gasteiger partial charge is 0.337 e. The van der Waals surface area contributed by atoms with Crippen molar-refractivity contribution in [2.75, 3.05) is 5.32 Å². The molecule has 4 rings (SSSR count). The molecule has 0 unspecified atom stereocenters. The summed E-state index contributed by atoms with van der Waals surface area (Å²) >= 11 is 0. The van der Waals surface area contributed by atoms with E-state index in [1.165, 1.54) is 19.3 Å². The number of carbonyl (C=O) groups excluding carboxylic acids is 1. The SMILES string of the molecule is C[C@@H](NC(=O)Nc1ccnn1C1CCCCC1)c1nc(-c2ccncc2)no1. The summed E-state index contributed by atoms with van der Waals surface area (Å²) in [5.74, 6) is 1.49. The number of nitrogens with one attached hydrogen (secondary N) is 2. The maximum Gasteiger partial charge on any atom is 0.321 e. The number of carbonyl (C=O) groups is 1. The number of pyridine rings is 1. The van der Waals surface area contributed by atoms with Crippen molar-refractivity contribution in [1.82, 2.24) is 30.2 Å². The Morgan fingerprint density at radius 1 is 1.18 bits per heavy atom. The Kier molecular flexibility index (Phi) is 5.31. The third kappa shape index (κ3) is 4.03. The minimum absolute atomic E-state index is 0.336. The zero-order chi connectivity index (χ0) is 19.3.